The Bertz CT molecular complexity index is 464. The molecule has 2 bridgehead atoms. The Kier molecular flexibility index (Phi) is 8.19. The molecule has 0 heterocycles. The molecule has 0 aromatic carbocycles. The standard InChI is InChI=1S/C21H44O3Si3/c1-7-26(8-2,9-3)23-21(18-22-25,24-27(10-4,11-5)12-6)20-15-13-19(17-20)14-16-20/h13,15,19H,7-12,14,16-18H2,1-6,25H3. The van der Waals surface area contributed by atoms with Gasteiger partial charge in [0.2, 0.25) is 0 Å². The zero-order valence-electron chi connectivity index (χ0n) is 19.0. The maximum Gasteiger partial charge on any atom is 0.195 e. The first-order chi connectivity index (χ1) is 12.9. The molecule has 158 valence electrons. The second-order valence-electron chi connectivity index (χ2n) is 8.90. The van der Waals surface area contributed by atoms with Gasteiger partial charge in [-0.1, -0.05) is 53.7 Å². The van der Waals surface area contributed by atoms with E-state index in [1.807, 2.05) is 0 Å². The van der Waals surface area contributed by atoms with Crippen molar-refractivity contribution in [3.8, 4) is 0 Å². The molecule has 0 aromatic heterocycles. The first-order valence-corrected chi connectivity index (χ1v) is 17.3. The summed E-state index contributed by atoms with van der Waals surface area (Å²) in [5, 5.41) is 0. The van der Waals surface area contributed by atoms with Gasteiger partial charge in [-0.25, -0.2) is 0 Å². The number of hydrogen-bond acceptors (Lipinski definition) is 3. The molecule has 27 heavy (non-hydrogen) atoms. The first-order valence-electron chi connectivity index (χ1n) is 11.5. The van der Waals surface area contributed by atoms with Gasteiger partial charge in [0.05, 0.1) is 6.61 Å². The minimum atomic E-state index is -1.84. The lowest BCUT2D eigenvalue weighted by molar-refractivity contribution is -0.216. The van der Waals surface area contributed by atoms with Crippen molar-refractivity contribution in [1.29, 1.82) is 0 Å². The molecule has 2 aliphatic carbocycles. The second kappa shape index (κ2) is 9.39. The molecule has 3 nitrogen and oxygen atoms in total. The highest BCUT2D eigenvalue weighted by molar-refractivity contribution is 6.74. The van der Waals surface area contributed by atoms with Gasteiger partial charge >= 0.3 is 0 Å². The molecule has 1 fully saturated rings. The van der Waals surface area contributed by atoms with Gasteiger partial charge in [0.25, 0.3) is 0 Å². The quantitative estimate of drug-likeness (QED) is 0.224. The van der Waals surface area contributed by atoms with Gasteiger partial charge < -0.3 is 13.3 Å². The van der Waals surface area contributed by atoms with E-state index in [0.717, 1.165) is 46.8 Å². The lowest BCUT2D eigenvalue weighted by Gasteiger charge is -2.54. The van der Waals surface area contributed by atoms with Crippen LogP contribution in [0.25, 0.3) is 0 Å². The van der Waals surface area contributed by atoms with E-state index < -0.39 is 22.4 Å². The van der Waals surface area contributed by atoms with E-state index in [-0.39, 0.29) is 5.41 Å². The maximum absolute atomic E-state index is 7.38. The summed E-state index contributed by atoms with van der Waals surface area (Å²) >= 11 is 0. The third-order valence-electron chi connectivity index (χ3n) is 8.00. The molecule has 0 aromatic rings. The van der Waals surface area contributed by atoms with Crippen molar-refractivity contribution in [1.82, 2.24) is 0 Å². The Balaban J connectivity index is 2.55. The third kappa shape index (κ3) is 4.26. The van der Waals surface area contributed by atoms with Crippen LogP contribution in [-0.2, 0) is 13.3 Å². The van der Waals surface area contributed by atoms with Crippen LogP contribution in [0.15, 0.2) is 12.2 Å². The summed E-state index contributed by atoms with van der Waals surface area (Å²) in [6, 6.07) is 6.97. The largest absolute Gasteiger partial charge is 0.422 e. The topological polar surface area (TPSA) is 27.7 Å². The molecule has 0 radical (unpaired) electrons. The number of hydrogen-bond donors (Lipinski definition) is 0. The van der Waals surface area contributed by atoms with E-state index in [4.69, 9.17) is 13.3 Å². The summed E-state index contributed by atoms with van der Waals surface area (Å²) in [4.78, 5) is 0. The van der Waals surface area contributed by atoms with Crippen molar-refractivity contribution in [2.45, 2.75) is 103 Å². The Labute approximate surface area is 173 Å². The Hall–Kier alpha value is 0.271. The van der Waals surface area contributed by atoms with Gasteiger partial charge in [-0.05, 0) is 61.4 Å². The lowest BCUT2D eigenvalue weighted by Crippen LogP contribution is -2.63. The fraction of sp³-hybridized carbons (Fsp3) is 0.905. The normalized spacial score (nSPS) is 25.6. The van der Waals surface area contributed by atoms with Gasteiger partial charge in [0.1, 0.15) is 10.5 Å². The second-order valence-corrected chi connectivity index (χ2v) is 18.9. The molecule has 0 saturated heterocycles. The SMILES string of the molecule is CC[Si](CC)(CC)OC(CO[SiH3])(O[Si](CC)(CC)CC)C12C=CC(CC1)C2. The van der Waals surface area contributed by atoms with Crippen molar-refractivity contribution in [3.63, 3.8) is 0 Å². The summed E-state index contributed by atoms with van der Waals surface area (Å²) in [5.74, 6) is 0.159. The van der Waals surface area contributed by atoms with E-state index in [2.05, 4.69) is 53.7 Å². The van der Waals surface area contributed by atoms with Crippen molar-refractivity contribution in [3.05, 3.63) is 12.2 Å². The molecule has 0 spiro atoms. The van der Waals surface area contributed by atoms with Crippen LogP contribution in [0.4, 0.5) is 0 Å². The van der Waals surface area contributed by atoms with Gasteiger partial charge in [-0.15, -0.1) is 0 Å². The molecule has 2 unspecified atom stereocenters. The summed E-state index contributed by atoms with van der Waals surface area (Å²) in [6.45, 7) is 14.6. The highest BCUT2D eigenvalue weighted by atomic mass is 28.4. The summed E-state index contributed by atoms with van der Waals surface area (Å²) in [5.41, 5.74) is 0.0254. The molecule has 0 amide bonds. The van der Waals surface area contributed by atoms with Gasteiger partial charge in [-0.3, -0.25) is 0 Å². The zero-order chi connectivity index (χ0) is 20.2. The van der Waals surface area contributed by atoms with E-state index in [1.54, 1.807) is 0 Å². The first kappa shape index (κ1) is 23.5. The molecule has 1 saturated carbocycles. The number of rotatable bonds is 13. The van der Waals surface area contributed by atoms with Crippen LogP contribution >= 0.6 is 0 Å². The van der Waals surface area contributed by atoms with Crippen molar-refractivity contribution >= 4 is 27.1 Å². The molecule has 2 rings (SSSR count). The van der Waals surface area contributed by atoms with Crippen LogP contribution in [-0.4, -0.2) is 39.5 Å². The van der Waals surface area contributed by atoms with E-state index >= 15 is 0 Å². The number of fused-ring (bicyclic) bond motifs is 2. The van der Waals surface area contributed by atoms with Crippen LogP contribution in [0.1, 0.15) is 60.8 Å². The van der Waals surface area contributed by atoms with Crippen LogP contribution in [0.5, 0.6) is 0 Å². The number of allylic oxidation sites excluding steroid dienone is 1. The van der Waals surface area contributed by atoms with Gasteiger partial charge in [0, 0.05) is 5.41 Å². The average Bonchev–Trinajstić information content (AvgIpc) is 3.34. The molecule has 0 N–H and O–H groups in total. The Morgan fingerprint density at radius 2 is 1.41 bits per heavy atom. The molecule has 0 aliphatic heterocycles. The third-order valence-corrected chi connectivity index (χ3v) is 17.5. The predicted octanol–water partition coefficient (Wildman–Crippen LogP) is 5.38. The highest BCUT2D eigenvalue weighted by Crippen LogP contribution is 2.59. The molecule has 6 heteroatoms. The van der Waals surface area contributed by atoms with E-state index in [0.29, 0.717) is 12.5 Å². The van der Waals surface area contributed by atoms with E-state index in [1.165, 1.54) is 19.3 Å². The maximum atomic E-state index is 7.38. The molecular weight excluding hydrogens is 384 g/mol. The lowest BCUT2D eigenvalue weighted by atomic mass is 9.79. The van der Waals surface area contributed by atoms with Gasteiger partial charge in [-0.2, -0.15) is 0 Å². The van der Waals surface area contributed by atoms with Crippen LogP contribution in [0, 0.1) is 11.3 Å². The summed E-state index contributed by atoms with van der Waals surface area (Å²) < 4.78 is 20.8. The average molecular weight is 429 g/mol. The molecule has 2 atom stereocenters. The van der Waals surface area contributed by atoms with Crippen molar-refractivity contribution in [2.24, 2.45) is 11.3 Å². The fourth-order valence-electron chi connectivity index (χ4n) is 5.47. The van der Waals surface area contributed by atoms with Crippen molar-refractivity contribution in [2.75, 3.05) is 6.61 Å². The monoisotopic (exact) mass is 428 g/mol. The minimum Gasteiger partial charge on any atom is -0.422 e. The molecular formula is C21H44O3Si3. The zero-order valence-corrected chi connectivity index (χ0v) is 23.0. The van der Waals surface area contributed by atoms with Crippen molar-refractivity contribution < 1.29 is 13.3 Å². The van der Waals surface area contributed by atoms with E-state index in [9.17, 15) is 0 Å². The highest BCUT2D eigenvalue weighted by Gasteiger charge is 2.61. The minimum absolute atomic E-state index is 0.0254. The van der Waals surface area contributed by atoms with Crippen LogP contribution in [0.3, 0.4) is 0 Å². The Morgan fingerprint density at radius 1 is 0.926 bits per heavy atom. The van der Waals surface area contributed by atoms with Crippen LogP contribution < -0.4 is 0 Å². The smallest absolute Gasteiger partial charge is 0.195 e. The summed E-state index contributed by atoms with van der Waals surface area (Å²) in [6.07, 6.45) is 8.59. The summed E-state index contributed by atoms with van der Waals surface area (Å²) in [7, 11) is -2.95. The predicted molar refractivity (Wildman–Crippen MR) is 124 cm³/mol. The van der Waals surface area contributed by atoms with Crippen LogP contribution in [0.2, 0.25) is 36.3 Å². The van der Waals surface area contributed by atoms with Gasteiger partial charge in [0.15, 0.2) is 22.4 Å². The Morgan fingerprint density at radius 3 is 1.67 bits per heavy atom. The molecule has 2 aliphatic rings. The fourth-order valence-corrected chi connectivity index (χ4v) is 11.8.